The Labute approximate surface area is 713 Å². The van der Waals surface area contributed by atoms with Crippen LogP contribution < -0.4 is 91.6 Å². The molecule has 2 aromatic heterocycles. The molecule has 1 saturated heterocycles. The number of nitrogens with zero attached hydrogens (tertiary/aromatic N) is 1. The molecule has 14 atom stereocenters. The van der Waals surface area contributed by atoms with E-state index in [1.807, 2.05) is 16.0 Å². The van der Waals surface area contributed by atoms with Crippen molar-refractivity contribution in [3.05, 3.63) is 84.1 Å². The van der Waals surface area contributed by atoms with Crippen molar-refractivity contribution >= 4 is 141 Å². The molecule has 125 heavy (non-hydrogen) atoms. The minimum atomic E-state index is -2.50. The topological polar surface area (TPSA) is 760 Å². The molecule has 5 rings (SSSR count). The molecule has 15 amide bonds. The van der Waals surface area contributed by atoms with Crippen LogP contribution in [0.15, 0.2) is 67.3 Å². The predicted octanol–water partition coefficient (Wildman–Crippen LogP) is -6.17. The summed E-state index contributed by atoms with van der Waals surface area (Å²) < 4.78 is 5.72. The number of aliphatic carboxylic acids is 4. The molecule has 0 aliphatic carbocycles. The first kappa shape index (κ1) is 102. The van der Waals surface area contributed by atoms with E-state index in [0.717, 1.165) is 52.9 Å². The molecule has 27 N–H and O–H groups in total. The van der Waals surface area contributed by atoms with Crippen LogP contribution in [-0.4, -0.2) is 270 Å². The molecule has 47 heteroatoms. The van der Waals surface area contributed by atoms with E-state index in [1.165, 1.54) is 36.8 Å². The van der Waals surface area contributed by atoms with Crippen molar-refractivity contribution in [3.63, 3.8) is 0 Å². The molecule has 47 nitrogen and oxygen atoms in total. The number of carboxylic acid groups (broad SMARTS) is 4. The molecular formula is C78H108N20O27. The van der Waals surface area contributed by atoms with Gasteiger partial charge >= 0.3 is 29.8 Å². The van der Waals surface area contributed by atoms with Gasteiger partial charge in [0.25, 0.3) is 0 Å². The fourth-order valence-corrected chi connectivity index (χ4v) is 12.8. The monoisotopic (exact) mass is 1760 g/mol. The Morgan fingerprint density at radius 3 is 1.74 bits per heavy atom. The number of Topliss-reactive ketones (excluding diaryl/α,β-unsaturated/α-hetero) is 1. The zero-order valence-corrected chi connectivity index (χ0v) is 68.9. The van der Waals surface area contributed by atoms with Gasteiger partial charge in [0, 0.05) is 66.8 Å². The third-order valence-corrected chi connectivity index (χ3v) is 19.5. The zero-order valence-electron chi connectivity index (χ0n) is 68.9. The number of aliphatic hydroxyl groups excluding tert-OH is 1. The van der Waals surface area contributed by atoms with Gasteiger partial charge in [-0.1, -0.05) is 82.7 Å². The van der Waals surface area contributed by atoms with Crippen LogP contribution in [0.2, 0.25) is 0 Å². The maximum Gasteiger partial charge on any atom is 0.329 e. The Kier molecular flexibility index (Phi) is 41.5. The van der Waals surface area contributed by atoms with E-state index in [4.69, 9.17) is 21.9 Å². The first-order valence-corrected chi connectivity index (χ1v) is 40.0. The first-order valence-electron chi connectivity index (χ1n) is 40.0. The molecule has 14 unspecified atom stereocenters. The summed E-state index contributed by atoms with van der Waals surface area (Å²) in [6.45, 7) is 0.804. The number of hydrogen-bond acceptors (Lipinski definition) is 26. The first-order chi connectivity index (χ1) is 59.2. The number of H-pyrrole nitrogens is 2. The number of imidazole rings is 1. The van der Waals surface area contributed by atoms with Gasteiger partial charge in [-0.25, -0.2) is 9.78 Å². The molecule has 3 heterocycles. The number of nitrogens with two attached hydrogens (primary N) is 3. The molecule has 1 fully saturated rings. The molecule has 0 bridgehead atoms. The highest BCUT2D eigenvalue weighted by Gasteiger charge is 2.41. The van der Waals surface area contributed by atoms with E-state index >= 15 is 0 Å². The number of aromatic nitrogens is 3. The van der Waals surface area contributed by atoms with Crippen LogP contribution in [0.1, 0.15) is 152 Å². The van der Waals surface area contributed by atoms with Crippen LogP contribution in [0.25, 0.3) is 10.9 Å². The van der Waals surface area contributed by atoms with Gasteiger partial charge in [-0.3, -0.25) is 95.9 Å². The lowest BCUT2D eigenvalue weighted by atomic mass is 9.96. The molecule has 682 valence electrons. The Morgan fingerprint density at radius 2 is 1.13 bits per heavy atom. The Hall–Kier alpha value is -14.0. The number of nitrogens with one attached hydrogen (secondary N) is 16. The van der Waals surface area contributed by atoms with Crippen LogP contribution in [0, 0.1) is 5.92 Å². The molecule has 0 saturated carbocycles. The smallest absolute Gasteiger partial charge is 0.329 e. The number of carbonyl (C=O) groups excluding carboxylic acids is 17. The van der Waals surface area contributed by atoms with Crippen LogP contribution in [-0.2, 0) is 113 Å². The SMILES string of the molecule is CCCCCCCCCC(=O)NC(Cc1c[nH]c2ccccc12)C(=O)NC(CC(N)=O)C(=O)NC(CC(=O)O)C(=O)NC1C(=O)NCC(=O)NC(CCCNC(=O)C(N)Cc2c[nH]cn2)C(=O)NC(CC(=O)O)C(=O)NC(C)C(=O)NC(CC(=O)O)C(=O)NCC(=O)NC(CO)C(=O)NC(C(C)CC(=O)O)C(=O)NC(CC(=O)c2ccccc2N)C(=O)OC1C. The lowest BCUT2D eigenvalue weighted by Crippen LogP contribution is -2.62. The number of aromatic amines is 2. The maximum atomic E-state index is 15.0. The molecule has 4 aromatic rings. The summed E-state index contributed by atoms with van der Waals surface area (Å²) in [7, 11) is 0. The normalized spacial score (nSPS) is 20.6. The number of cyclic esters (lactones) is 1. The van der Waals surface area contributed by atoms with Gasteiger partial charge in [-0.05, 0) is 62.8 Å². The van der Waals surface area contributed by atoms with E-state index in [9.17, 15) is 126 Å². The van der Waals surface area contributed by atoms with Crippen molar-refractivity contribution in [2.45, 2.75) is 222 Å². The number of para-hydroxylation sites is 2. The summed E-state index contributed by atoms with van der Waals surface area (Å²) in [5.74, 6) is -31.1. The number of fused-ring (bicyclic) bond motifs is 1. The minimum Gasteiger partial charge on any atom is -0.481 e. The van der Waals surface area contributed by atoms with Crippen LogP contribution in [0.5, 0.6) is 0 Å². The van der Waals surface area contributed by atoms with Gasteiger partial charge in [0.1, 0.15) is 72.6 Å². The number of carboxylic acids is 4. The lowest BCUT2D eigenvalue weighted by Gasteiger charge is -2.30. The summed E-state index contributed by atoms with van der Waals surface area (Å²) in [6, 6.07) is -12.3. The van der Waals surface area contributed by atoms with Gasteiger partial charge in [-0.2, -0.15) is 0 Å². The van der Waals surface area contributed by atoms with Crippen molar-refractivity contribution in [2.75, 3.05) is 32.0 Å². The number of rotatable bonds is 39. The number of ketones is 1. The molecule has 1 aliphatic rings. The number of amides is 15. The number of unbranched alkanes of at least 4 members (excludes halogenated alkanes) is 6. The number of anilines is 1. The lowest BCUT2D eigenvalue weighted by molar-refractivity contribution is -0.156. The maximum absolute atomic E-state index is 15.0. The van der Waals surface area contributed by atoms with Crippen molar-refractivity contribution in [1.29, 1.82) is 0 Å². The average Bonchev–Trinajstić information content (AvgIpc) is 1.39. The summed E-state index contributed by atoms with van der Waals surface area (Å²) in [5, 5.41) is 81.6. The van der Waals surface area contributed by atoms with E-state index in [1.54, 1.807) is 30.5 Å². The molecule has 2 aromatic carbocycles. The fourth-order valence-electron chi connectivity index (χ4n) is 12.8. The van der Waals surface area contributed by atoms with Crippen molar-refractivity contribution in [3.8, 4) is 0 Å². The van der Waals surface area contributed by atoms with Gasteiger partial charge < -0.3 is 132 Å². The number of benzene rings is 2. The van der Waals surface area contributed by atoms with Gasteiger partial charge in [0.15, 0.2) is 5.78 Å². The highest BCUT2D eigenvalue weighted by atomic mass is 16.5. The number of aliphatic hydroxyl groups is 1. The van der Waals surface area contributed by atoms with E-state index in [0.29, 0.717) is 35.0 Å². The number of nitrogen functional groups attached to an aromatic ring is 1. The van der Waals surface area contributed by atoms with Crippen LogP contribution in [0.3, 0.4) is 0 Å². The van der Waals surface area contributed by atoms with Crippen LogP contribution in [0.4, 0.5) is 5.69 Å². The Bertz CT molecular complexity index is 4540. The summed E-state index contributed by atoms with van der Waals surface area (Å²) in [4.78, 5) is 299. The second-order valence-electron chi connectivity index (χ2n) is 29.6. The van der Waals surface area contributed by atoms with Crippen molar-refractivity contribution < 1.29 is 131 Å². The second kappa shape index (κ2) is 51.0. The summed E-state index contributed by atoms with van der Waals surface area (Å²) >= 11 is 0. The third kappa shape index (κ3) is 34.8. The number of hydrogen-bond donors (Lipinski definition) is 24. The molecule has 0 radical (unpaired) electrons. The van der Waals surface area contributed by atoms with E-state index < -0.39 is 273 Å². The molecule has 1 aliphatic heterocycles. The number of ether oxygens (including phenoxy) is 1. The summed E-state index contributed by atoms with van der Waals surface area (Å²) in [6.07, 6.45) is -0.281. The highest BCUT2D eigenvalue weighted by molar-refractivity contribution is 6.05. The van der Waals surface area contributed by atoms with Gasteiger partial charge in [-0.15, -0.1) is 0 Å². The quantitative estimate of drug-likeness (QED) is 0.00855. The predicted molar refractivity (Wildman–Crippen MR) is 434 cm³/mol. The number of primary amides is 1. The average molecular weight is 1760 g/mol. The highest BCUT2D eigenvalue weighted by Crippen LogP contribution is 2.22. The Balaban J connectivity index is 1.63. The zero-order chi connectivity index (χ0) is 92.7. The third-order valence-electron chi connectivity index (χ3n) is 19.5. The standard InChI is InChI=1S/C78H108N20O27/c1-5-6-7-8-9-10-11-22-58(102)90-49(25-41-32-84-47-20-15-13-17-43(41)47)72(118)93-50(28-57(81)101)73(119)95-53(31-64(111)112)74(120)98-66-40(4)125-78(124)54(27-56(100)44-18-12-14-19-45(44)79)96-77(123)65(38(2)24-61(105)106)97-75(121)55(36-99)91-60(104)34-85-69(115)51(29-62(107)108)92-67(113)39(3)88-71(117)52(30-63(109)110)94-70(116)48(89-59(103)35-86-76(66)122)21-16-23-83-68(114)46(80)26-42-33-82-37-87-42/h12-15,17-20,32-33,37-40,46,48-55,65-66,84,99H,5-11,16,21-31,34-36,79-80H2,1-4H3,(H2,81,101)(H,82,87)(H,83,114)(H,85,115)(H,86,122)(H,88,117)(H,89,103)(H,90,102)(H,91,104)(H,92,113)(H,93,118)(H,94,116)(H,95,119)(H,96,123)(H,97,121)(H,98,120)(H,105,106)(H,107,108)(H,109,110)(H,111,112). The largest absolute Gasteiger partial charge is 0.481 e. The Morgan fingerprint density at radius 1 is 0.560 bits per heavy atom. The summed E-state index contributed by atoms with van der Waals surface area (Å²) in [5.41, 5.74) is 18.8. The fraction of sp³-hybridized carbons (Fsp3) is 0.513. The minimum absolute atomic E-state index is 0.0328. The van der Waals surface area contributed by atoms with E-state index in [2.05, 4.69) is 80.4 Å². The van der Waals surface area contributed by atoms with Crippen molar-refractivity contribution in [2.24, 2.45) is 17.4 Å². The van der Waals surface area contributed by atoms with E-state index in [-0.39, 0.29) is 43.5 Å². The van der Waals surface area contributed by atoms with Crippen molar-refractivity contribution in [1.82, 2.24) is 89.4 Å². The second-order valence-corrected chi connectivity index (χ2v) is 29.6. The number of carbonyl (C=O) groups is 21. The molecule has 0 spiro atoms. The molecular weight excluding hydrogens is 1650 g/mol. The number of esters is 1. The van der Waals surface area contributed by atoms with Gasteiger partial charge in [0.2, 0.25) is 88.6 Å². The van der Waals surface area contributed by atoms with Crippen LogP contribution >= 0.6 is 0 Å². The van der Waals surface area contributed by atoms with Gasteiger partial charge in [0.05, 0.1) is 69.9 Å².